The Kier molecular flexibility index (Phi) is 3.43. The molecule has 1 aliphatic carbocycles. The number of nitrogens with zero attached hydrogens (tertiary/aromatic N) is 1. The highest BCUT2D eigenvalue weighted by molar-refractivity contribution is 5.84. The molecule has 1 aliphatic rings. The molecule has 1 atom stereocenters. The monoisotopic (exact) mass is 233 g/mol. The number of nitrogens with one attached hydrogen (secondary N) is 1. The van der Waals surface area contributed by atoms with Crippen LogP contribution in [0.15, 0.2) is 24.5 Å². The van der Waals surface area contributed by atoms with Gasteiger partial charge in [0.25, 0.3) is 0 Å². The molecule has 0 aliphatic heterocycles. The van der Waals surface area contributed by atoms with Crippen LogP contribution in [-0.4, -0.2) is 17.4 Å². The molecule has 2 rings (SSSR count). The number of hydrogen-bond donors (Lipinski definition) is 2. The fourth-order valence-corrected chi connectivity index (χ4v) is 2.19. The molecule has 92 valence electrons. The molecule has 0 aromatic carbocycles. The summed E-state index contributed by atoms with van der Waals surface area (Å²) >= 11 is 0. The van der Waals surface area contributed by atoms with E-state index in [9.17, 15) is 4.79 Å². The van der Waals surface area contributed by atoms with Crippen LogP contribution in [0.1, 0.15) is 37.8 Å². The zero-order valence-corrected chi connectivity index (χ0v) is 10.1. The number of hydrogen-bond acceptors (Lipinski definition) is 3. The third-order valence-electron chi connectivity index (χ3n) is 3.72. The second kappa shape index (κ2) is 4.84. The Hall–Kier alpha value is -1.42. The second-order valence-corrected chi connectivity index (χ2v) is 4.82. The number of aromatic nitrogens is 1. The van der Waals surface area contributed by atoms with Gasteiger partial charge in [-0.15, -0.1) is 0 Å². The van der Waals surface area contributed by atoms with Crippen LogP contribution in [0.3, 0.4) is 0 Å². The molecule has 4 nitrogen and oxygen atoms in total. The summed E-state index contributed by atoms with van der Waals surface area (Å²) in [5.41, 5.74) is 6.42. The fourth-order valence-electron chi connectivity index (χ4n) is 2.19. The first-order chi connectivity index (χ1) is 8.18. The van der Waals surface area contributed by atoms with E-state index >= 15 is 0 Å². The van der Waals surface area contributed by atoms with E-state index in [-0.39, 0.29) is 17.4 Å². The Morgan fingerprint density at radius 1 is 1.65 bits per heavy atom. The second-order valence-electron chi connectivity index (χ2n) is 4.82. The molecule has 0 saturated heterocycles. The molecular weight excluding hydrogens is 214 g/mol. The van der Waals surface area contributed by atoms with Gasteiger partial charge in [-0.25, -0.2) is 0 Å². The SMILES string of the molecule is C[C@H](NC(=O)C1(CN)CCC1)c1cccnc1. The van der Waals surface area contributed by atoms with E-state index in [1.165, 1.54) is 0 Å². The van der Waals surface area contributed by atoms with Gasteiger partial charge in [-0.2, -0.15) is 0 Å². The molecule has 3 N–H and O–H groups in total. The van der Waals surface area contributed by atoms with Gasteiger partial charge < -0.3 is 11.1 Å². The smallest absolute Gasteiger partial charge is 0.227 e. The van der Waals surface area contributed by atoms with Crippen LogP contribution in [0.4, 0.5) is 0 Å². The van der Waals surface area contributed by atoms with Crippen molar-refractivity contribution in [3.05, 3.63) is 30.1 Å². The van der Waals surface area contributed by atoms with Gasteiger partial charge in [-0.1, -0.05) is 12.5 Å². The molecule has 0 bridgehead atoms. The van der Waals surface area contributed by atoms with Crippen molar-refractivity contribution in [3.63, 3.8) is 0 Å². The van der Waals surface area contributed by atoms with Crippen LogP contribution < -0.4 is 11.1 Å². The normalized spacial score (nSPS) is 19.2. The largest absolute Gasteiger partial charge is 0.349 e. The maximum absolute atomic E-state index is 12.2. The minimum absolute atomic E-state index is 0.0137. The van der Waals surface area contributed by atoms with E-state index in [0.29, 0.717) is 6.54 Å². The average molecular weight is 233 g/mol. The number of carbonyl (C=O) groups is 1. The van der Waals surface area contributed by atoms with Crippen LogP contribution >= 0.6 is 0 Å². The lowest BCUT2D eigenvalue weighted by molar-refractivity contribution is -0.135. The summed E-state index contributed by atoms with van der Waals surface area (Å²) in [4.78, 5) is 16.2. The third-order valence-corrected chi connectivity index (χ3v) is 3.72. The van der Waals surface area contributed by atoms with Crippen molar-refractivity contribution in [2.24, 2.45) is 11.1 Å². The Balaban J connectivity index is 1.99. The van der Waals surface area contributed by atoms with Gasteiger partial charge in [0.1, 0.15) is 0 Å². The zero-order chi connectivity index (χ0) is 12.3. The predicted molar refractivity (Wildman–Crippen MR) is 66.1 cm³/mol. The van der Waals surface area contributed by atoms with Crippen LogP contribution in [0, 0.1) is 5.41 Å². The van der Waals surface area contributed by atoms with E-state index in [1.54, 1.807) is 12.4 Å². The molecule has 1 fully saturated rings. The number of amides is 1. The maximum atomic E-state index is 12.2. The predicted octanol–water partition coefficient (Wildman–Crippen LogP) is 1.39. The maximum Gasteiger partial charge on any atom is 0.227 e. The summed E-state index contributed by atoms with van der Waals surface area (Å²) in [5.74, 6) is 0.0857. The highest BCUT2D eigenvalue weighted by atomic mass is 16.2. The molecule has 1 heterocycles. The van der Waals surface area contributed by atoms with Gasteiger partial charge in [0.2, 0.25) is 5.91 Å². The van der Waals surface area contributed by atoms with Gasteiger partial charge in [-0.05, 0) is 31.4 Å². The lowest BCUT2D eigenvalue weighted by Crippen LogP contribution is -2.50. The van der Waals surface area contributed by atoms with Crippen LogP contribution in [-0.2, 0) is 4.79 Å². The van der Waals surface area contributed by atoms with E-state index in [2.05, 4.69) is 10.3 Å². The van der Waals surface area contributed by atoms with E-state index in [1.807, 2.05) is 19.1 Å². The molecule has 1 amide bonds. The lowest BCUT2D eigenvalue weighted by atomic mass is 9.68. The lowest BCUT2D eigenvalue weighted by Gasteiger charge is -2.39. The number of nitrogens with two attached hydrogens (primary N) is 1. The Morgan fingerprint density at radius 3 is 2.88 bits per heavy atom. The molecule has 1 aromatic rings. The molecule has 1 saturated carbocycles. The molecule has 0 spiro atoms. The van der Waals surface area contributed by atoms with Crippen molar-refractivity contribution in [2.75, 3.05) is 6.54 Å². The summed E-state index contributed by atoms with van der Waals surface area (Å²) in [6.45, 7) is 2.41. The summed E-state index contributed by atoms with van der Waals surface area (Å²) in [6, 6.07) is 3.83. The fraction of sp³-hybridized carbons (Fsp3) is 0.538. The first-order valence-electron chi connectivity index (χ1n) is 6.09. The highest BCUT2D eigenvalue weighted by Gasteiger charge is 2.43. The minimum Gasteiger partial charge on any atom is -0.349 e. The van der Waals surface area contributed by atoms with Gasteiger partial charge in [0.05, 0.1) is 11.5 Å². The van der Waals surface area contributed by atoms with Crippen LogP contribution in [0.2, 0.25) is 0 Å². The molecular formula is C13H19N3O. The molecule has 0 radical (unpaired) electrons. The van der Waals surface area contributed by atoms with Crippen molar-refractivity contribution in [2.45, 2.75) is 32.2 Å². The summed E-state index contributed by atoms with van der Waals surface area (Å²) in [7, 11) is 0. The first-order valence-corrected chi connectivity index (χ1v) is 6.09. The van der Waals surface area contributed by atoms with Gasteiger partial charge >= 0.3 is 0 Å². The van der Waals surface area contributed by atoms with Gasteiger partial charge in [-0.3, -0.25) is 9.78 Å². The van der Waals surface area contributed by atoms with E-state index < -0.39 is 0 Å². The van der Waals surface area contributed by atoms with Gasteiger partial charge in [0, 0.05) is 18.9 Å². The topological polar surface area (TPSA) is 68.0 Å². The van der Waals surface area contributed by atoms with Crippen LogP contribution in [0.5, 0.6) is 0 Å². The Morgan fingerprint density at radius 2 is 2.41 bits per heavy atom. The van der Waals surface area contributed by atoms with Gasteiger partial charge in [0.15, 0.2) is 0 Å². The quantitative estimate of drug-likeness (QED) is 0.825. The standard InChI is InChI=1S/C13H19N3O/c1-10(11-4-2-7-15-8-11)16-12(17)13(9-14)5-3-6-13/h2,4,7-8,10H,3,5-6,9,14H2,1H3,(H,16,17)/t10-/m0/s1. The molecule has 17 heavy (non-hydrogen) atoms. The summed E-state index contributed by atoms with van der Waals surface area (Å²) < 4.78 is 0. The highest BCUT2D eigenvalue weighted by Crippen LogP contribution is 2.40. The van der Waals surface area contributed by atoms with E-state index in [0.717, 1.165) is 24.8 Å². The zero-order valence-electron chi connectivity index (χ0n) is 10.1. The number of rotatable bonds is 4. The minimum atomic E-state index is -0.309. The van der Waals surface area contributed by atoms with Crippen molar-refractivity contribution < 1.29 is 4.79 Å². The average Bonchev–Trinajstić information content (AvgIpc) is 2.29. The molecule has 0 unspecified atom stereocenters. The van der Waals surface area contributed by atoms with E-state index in [4.69, 9.17) is 5.73 Å². The van der Waals surface area contributed by atoms with Crippen molar-refractivity contribution in [1.82, 2.24) is 10.3 Å². The van der Waals surface area contributed by atoms with Crippen LogP contribution in [0.25, 0.3) is 0 Å². The van der Waals surface area contributed by atoms with Crippen molar-refractivity contribution >= 4 is 5.91 Å². The summed E-state index contributed by atoms with van der Waals surface area (Å²) in [5, 5.41) is 3.03. The summed E-state index contributed by atoms with van der Waals surface area (Å²) in [6.07, 6.45) is 6.43. The number of pyridine rings is 1. The van der Waals surface area contributed by atoms with Crippen molar-refractivity contribution in [1.29, 1.82) is 0 Å². The first kappa shape index (κ1) is 12.0. The number of carbonyl (C=O) groups excluding carboxylic acids is 1. The molecule has 4 heteroatoms. The Labute approximate surface area is 102 Å². The third kappa shape index (κ3) is 2.31. The van der Waals surface area contributed by atoms with Crippen molar-refractivity contribution in [3.8, 4) is 0 Å². The molecule has 1 aromatic heterocycles. The Bertz CT molecular complexity index is 381.